The van der Waals surface area contributed by atoms with E-state index in [9.17, 15) is 0 Å². The van der Waals surface area contributed by atoms with Crippen LogP contribution in [0, 0.1) is 0 Å². The Hall–Kier alpha value is -0.370. The summed E-state index contributed by atoms with van der Waals surface area (Å²) in [6.07, 6.45) is 2.21. The van der Waals surface area contributed by atoms with Crippen LogP contribution >= 0.6 is 11.6 Å². The zero-order valence-corrected chi connectivity index (χ0v) is 5.81. The Bertz CT molecular complexity index is 107. The average molecular weight is 133 g/mol. The third-order valence-electron chi connectivity index (χ3n) is 0.605. The number of aliphatic imine (C=N–C) groups is 2. The van der Waals surface area contributed by atoms with Gasteiger partial charge in [0.1, 0.15) is 11.5 Å². The number of hydrogen-bond donors (Lipinski definition) is 0. The third-order valence-corrected chi connectivity index (χ3v) is 0.970. The molecule has 2 nitrogen and oxygen atoms in total. The van der Waals surface area contributed by atoms with E-state index in [-0.39, 0.29) is 0 Å². The van der Waals surface area contributed by atoms with Crippen LogP contribution in [-0.2, 0) is 0 Å². The summed E-state index contributed by atoms with van der Waals surface area (Å²) in [5.41, 5.74) is 0. The lowest BCUT2D eigenvalue weighted by Gasteiger charge is -1.82. The Balaban J connectivity index is 3.57. The van der Waals surface area contributed by atoms with E-state index in [4.69, 9.17) is 11.6 Å². The van der Waals surface area contributed by atoms with Crippen LogP contribution in [0.5, 0.6) is 0 Å². The van der Waals surface area contributed by atoms with Crippen molar-refractivity contribution < 1.29 is 0 Å². The van der Waals surface area contributed by atoms with Gasteiger partial charge in [0.15, 0.2) is 0 Å². The second-order valence-electron chi connectivity index (χ2n) is 1.23. The molecule has 0 aromatic rings. The lowest BCUT2D eigenvalue weighted by Crippen LogP contribution is -1.81. The topological polar surface area (TPSA) is 24.7 Å². The van der Waals surface area contributed by atoms with Gasteiger partial charge in [-0.25, -0.2) is 4.99 Å². The molecule has 0 radical (unpaired) electrons. The average Bonchev–Trinajstić information content (AvgIpc) is 1.83. The first-order valence-electron chi connectivity index (χ1n) is 2.44. The highest BCUT2D eigenvalue weighted by Gasteiger charge is 1.81. The van der Waals surface area contributed by atoms with Crippen LogP contribution in [0.15, 0.2) is 9.98 Å². The van der Waals surface area contributed by atoms with E-state index >= 15 is 0 Å². The van der Waals surface area contributed by atoms with E-state index in [0.717, 1.165) is 6.42 Å². The number of halogens is 1. The summed E-state index contributed by atoms with van der Waals surface area (Å²) in [7, 11) is 1.66. The van der Waals surface area contributed by atoms with Gasteiger partial charge in [0.05, 0.1) is 0 Å². The first kappa shape index (κ1) is 7.63. The van der Waals surface area contributed by atoms with E-state index in [1.807, 2.05) is 6.92 Å². The minimum atomic E-state index is 0.593. The normalized spacial score (nSPS) is 13.1. The van der Waals surface area contributed by atoms with Crippen LogP contribution in [-0.4, -0.2) is 18.6 Å². The largest absolute Gasteiger partial charge is 0.277 e. The van der Waals surface area contributed by atoms with Crippen molar-refractivity contribution in [2.45, 2.75) is 13.3 Å². The Kier molecular flexibility index (Phi) is 4.56. The maximum atomic E-state index is 5.50. The molecule has 3 heteroatoms. The van der Waals surface area contributed by atoms with E-state index in [1.165, 1.54) is 6.34 Å². The van der Waals surface area contributed by atoms with Gasteiger partial charge in [-0.05, 0) is 6.42 Å². The lowest BCUT2D eigenvalue weighted by molar-refractivity contribution is 1.31. The SMILES string of the molecule is CC/C(Cl)=N\C=N/C. The summed E-state index contributed by atoms with van der Waals surface area (Å²) in [5, 5.41) is 0.593. The number of hydrogen-bond acceptors (Lipinski definition) is 1. The van der Waals surface area contributed by atoms with Gasteiger partial charge in [-0.2, -0.15) is 0 Å². The molecule has 0 rings (SSSR count). The zero-order valence-electron chi connectivity index (χ0n) is 5.06. The number of rotatable bonds is 2. The summed E-state index contributed by atoms with van der Waals surface area (Å²) < 4.78 is 0. The Morgan fingerprint density at radius 3 is 2.75 bits per heavy atom. The van der Waals surface area contributed by atoms with E-state index in [2.05, 4.69) is 9.98 Å². The lowest BCUT2D eigenvalue weighted by atomic mass is 10.5. The molecule has 0 amide bonds. The van der Waals surface area contributed by atoms with Crippen molar-refractivity contribution in [1.82, 2.24) is 0 Å². The van der Waals surface area contributed by atoms with Crippen LogP contribution in [0.4, 0.5) is 0 Å². The van der Waals surface area contributed by atoms with Crippen LogP contribution < -0.4 is 0 Å². The van der Waals surface area contributed by atoms with Gasteiger partial charge in [-0.15, -0.1) is 0 Å². The second kappa shape index (κ2) is 4.78. The van der Waals surface area contributed by atoms with Gasteiger partial charge in [-0.3, -0.25) is 4.99 Å². The molecule has 0 N–H and O–H groups in total. The number of nitrogens with zero attached hydrogens (tertiary/aromatic N) is 2. The summed E-state index contributed by atoms with van der Waals surface area (Å²) in [6, 6.07) is 0. The molecular weight excluding hydrogens is 124 g/mol. The molecule has 0 atom stereocenters. The van der Waals surface area contributed by atoms with Gasteiger partial charge in [0.25, 0.3) is 0 Å². The van der Waals surface area contributed by atoms with Gasteiger partial charge < -0.3 is 0 Å². The molecule has 0 aliphatic rings. The molecule has 0 aliphatic carbocycles. The quantitative estimate of drug-likeness (QED) is 0.404. The van der Waals surface area contributed by atoms with E-state index in [0.29, 0.717) is 5.17 Å². The molecule has 0 heterocycles. The van der Waals surface area contributed by atoms with Crippen molar-refractivity contribution in [3.05, 3.63) is 0 Å². The minimum absolute atomic E-state index is 0.593. The molecular formula is C5H9ClN2. The standard InChI is InChI=1S/C5H9ClN2/c1-3-5(6)8-4-7-2/h4H,3H2,1-2H3/b7-4-,8-5+. The molecule has 8 heavy (non-hydrogen) atoms. The predicted molar refractivity (Wildman–Crippen MR) is 38.0 cm³/mol. The van der Waals surface area contributed by atoms with Gasteiger partial charge >= 0.3 is 0 Å². The van der Waals surface area contributed by atoms with E-state index in [1.54, 1.807) is 7.05 Å². The molecule has 0 spiro atoms. The van der Waals surface area contributed by atoms with Crippen LogP contribution in [0.25, 0.3) is 0 Å². The maximum Gasteiger partial charge on any atom is 0.110 e. The van der Waals surface area contributed by atoms with Crippen molar-refractivity contribution in [3.63, 3.8) is 0 Å². The molecule has 0 aromatic heterocycles. The minimum Gasteiger partial charge on any atom is -0.277 e. The fourth-order valence-corrected chi connectivity index (χ4v) is 0.255. The summed E-state index contributed by atoms with van der Waals surface area (Å²) >= 11 is 5.50. The Morgan fingerprint density at radius 2 is 2.38 bits per heavy atom. The van der Waals surface area contributed by atoms with Crippen LogP contribution in [0.1, 0.15) is 13.3 Å². The van der Waals surface area contributed by atoms with Crippen molar-refractivity contribution in [2.75, 3.05) is 7.05 Å². The van der Waals surface area contributed by atoms with Crippen LogP contribution in [0.3, 0.4) is 0 Å². The summed E-state index contributed by atoms with van der Waals surface area (Å²) in [5.74, 6) is 0. The maximum absolute atomic E-state index is 5.50. The molecule has 0 aliphatic heterocycles. The highest BCUT2D eigenvalue weighted by Crippen LogP contribution is 1.88. The smallest absolute Gasteiger partial charge is 0.110 e. The fourth-order valence-electron chi connectivity index (χ4n) is 0.212. The molecule has 0 saturated carbocycles. The fraction of sp³-hybridized carbons (Fsp3) is 0.600. The molecule has 0 saturated heterocycles. The Labute approximate surface area is 54.3 Å². The molecule has 0 fully saturated rings. The first-order chi connectivity index (χ1) is 3.81. The molecule has 0 bridgehead atoms. The second-order valence-corrected chi connectivity index (χ2v) is 1.67. The molecule has 0 aromatic carbocycles. The highest BCUT2D eigenvalue weighted by molar-refractivity contribution is 6.65. The van der Waals surface area contributed by atoms with Gasteiger partial charge in [0, 0.05) is 7.05 Å². The van der Waals surface area contributed by atoms with Crippen molar-refractivity contribution >= 4 is 23.1 Å². The van der Waals surface area contributed by atoms with Gasteiger partial charge in [0.2, 0.25) is 0 Å². The highest BCUT2D eigenvalue weighted by atomic mass is 35.5. The zero-order chi connectivity index (χ0) is 6.41. The molecule has 0 unspecified atom stereocenters. The summed E-state index contributed by atoms with van der Waals surface area (Å²) in [6.45, 7) is 1.94. The third kappa shape index (κ3) is 3.81. The predicted octanol–water partition coefficient (Wildman–Crippen LogP) is 1.69. The monoisotopic (exact) mass is 132 g/mol. The van der Waals surface area contributed by atoms with E-state index < -0.39 is 0 Å². The van der Waals surface area contributed by atoms with Gasteiger partial charge in [-0.1, -0.05) is 18.5 Å². The first-order valence-corrected chi connectivity index (χ1v) is 2.81. The van der Waals surface area contributed by atoms with Crippen molar-refractivity contribution in [3.8, 4) is 0 Å². The van der Waals surface area contributed by atoms with Crippen molar-refractivity contribution in [2.24, 2.45) is 9.98 Å². The molecule has 46 valence electrons. The Morgan fingerprint density at radius 1 is 1.75 bits per heavy atom. The summed E-state index contributed by atoms with van der Waals surface area (Å²) in [4.78, 5) is 7.38. The van der Waals surface area contributed by atoms with Crippen LogP contribution in [0.2, 0.25) is 0 Å². The van der Waals surface area contributed by atoms with Crippen molar-refractivity contribution in [1.29, 1.82) is 0 Å².